The van der Waals surface area contributed by atoms with E-state index in [9.17, 15) is 9.65 Å². The second-order valence-corrected chi connectivity index (χ2v) is 4.71. The van der Waals surface area contributed by atoms with Crippen molar-refractivity contribution in [3.8, 4) is 6.07 Å². The summed E-state index contributed by atoms with van der Waals surface area (Å²) in [5, 5.41) is 12.8. The molecule has 3 heteroatoms. The Labute approximate surface area is 101 Å². The third-order valence-electron chi connectivity index (χ3n) is 3.72. The standard InChI is InChI=1S/C14H17FN2/c1-2-11-4-3-9-14(11,10-16)17-13-7-5-12(15)6-8-13/h5-8,11,17H,2-4,9H2,1H3. The highest BCUT2D eigenvalue weighted by atomic mass is 19.1. The Kier molecular flexibility index (Phi) is 3.33. The molecule has 0 aliphatic heterocycles. The second-order valence-electron chi connectivity index (χ2n) is 4.71. The predicted molar refractivity (Wildman–Crippen MR) is 66.0 cm³/mol. The summed E-state index contributed by atoms with van der Waals surface area (Å²) in [6.07, 6.45) is 4.06. The molecule has 90 valence electrons. The van der Waals surface area contributed by atoms with Crippen LogP contribution in [0.2, 0.25) is 0 Å². The van der Waals surface area contributed by atoms with Crippen LogP contribution in [0.25, 0.3) is 0 Å². The summed E-state index contributed by atoms with van der Waals surface area (Å²) >= 11 is 0. The maximum atomic E-state index is 12.8. The zero-order chi connectivity index (χ0) is 12.3. The Morgan fingerprint density at radius 2 is 2.18 bits per heavy atom. The summed E-state index contributed by atoms with van der Waals surface area (Å²) in [4.78, 5) is 0. The first-order valence-electron chi connectivity index (χ1n) is 6.15. The molecule has 2 nitrogen and oxygen atoms in total. The smallest absolute Gasteiger partial charge is 0.128 e. The molecule has 1 aromatic rings. The Morgan fingerprint density at radius 1 is 1.47 bits per heavy atom. The summed E-state index contributed by atoms with van der Waals surface area (Å²) in [6, 6.07) is 8.66. The van der Waals surface area contributed by atoms with E-state index in [0.717, 1.165) is 31.4 Å². The van der Waals surface area contributed by atoms with Gasteiger partial charge in [0, 0.05) is 5.69 Å². The number of hydrogen-bond acceptors (Lipinski definition) is 2. The third-order valence-corrected chi connectivity index (χ3v) is 3.72. The van der Waals surface area contributed by atoms with Crippen LogP contribution in [0, 0.1) is 23.1 Å². The van der Waals surface area contributed by atoms with Crippen molar-refractivity contribution in [1.82, 2.24) is 0 Å². The van der Waals surface area contributed by atoms with E-state index in [1.54, 1.807) is 12.1 Å². The van der Waals surface area contributed by atoms with Gasteiger partial charge < -0.3 is 5.32 Å². The first kappa shape index (κ1) is 11.9. The van der Waals surface area contributed by atoms with Gasteiger partial charge in [-0.15, -0.1) is 0 Å². The van der Waals surface area contributed by atoms with E-state index < -0.39 is 5.54 Å². The highest BCUT2D eigenvalue weighted by Gasteiger charge is 2.42. The van der Waals surface area contributed by atoms with Crippen molar-refractivity contribution in [2.45, 2.75) is 38.1 Å². The molecule has 0 bridgehead atoms. The Morgan fingerprint density at radius 3 is 2.76 bits per heavy atom. The van der Waals surface area contributed by atoms with Crippen LogP contribution in [0.4, 0.5) is 10.1 Å². The number of rotatable bonds is 3. The third kappa shape index (κ3) is 2.26. The lowest BCUT2D eigenvalue weighted by molar-refractivity contribution is 0.414. The van der Waals surface area contributed by atoms with Gasteiger partial charge in [0.2, 0.25) is 0 Å². The maximum Gasteiger partial charge on any atom is 0.128 e. The number of nitrogens with zero attached hydrogens (tertiary/aromatic N) is 1. The van der Waals surface area contributed by atoms with Crippen molar-refractivity contribution in [2.24, 2.45) is 5.92 Å². The molecule has 1 aliphatic rings. The Hall–Kier alpha value is -1.56. The molecule has 0 spiro atoms. The fourth-order valence-electron chi connectivity index (χ4n) is 2.76. The van der Waals surface area contributed by atoms with Crippen molar-refractivity contribution in [3.63, 3.8) is 0 Å². The van der Waals surface area contributed by atoms with E-state index in [1.807, 2.05) is 0 Å². The minimum atomic E-state index is -0.466. The van der Waals surface area contributed by atoms with Crippen LogP contribution in [0.3, 0.4) is 0 Å². The average Bonchev–Trinajstić information content (AvgIpc) is 2.75. The number of hydrogen-bond donors (Lipinski definition) is 1. The minimum absolute atomic E-state index is 0.250. The summed E-state index contributed by atoms with van der Waals surface area (Å²) in [6.45, 7) is 2.12. The van der Waals surface area contributed by atoms with Gasteiger partial charge in [-0.2, -0.15) is 5.26 Å². The maximum absolute atomic E-state index is 12.8. The molecule has 1 aliphatic carbocycles. The first-order chi connectivity index (χ1) is 8.20. The summed E-state index contributed by atoms with van der Waals surface area (Å²) in [5.41, 5.74) is 0.361. The van der Waals surface area contributed by atoms with Crippen LogP contribution < -0.4 is 5.32 Å². The van der Waals surface area contributed by atoms with Crippen molar-refractivity contribution >= 4 is 5.69 Å². The number of anilines is 1. The average molecular weight is 232 g/mol. The number of benzene rings is 1. The molecular formula is C14H17FN2. The number of nitriles is 1. The largest absolute Gasteiger partial charge is 0.367 e. The lowest BCUT2D eigenvalue weighted by atomic mass is 9.86. The van der Waals surface area contributed by atoms with Gasteiger partial charge in [0.1, 0.15) is 11.4 Å². The fraction of sp³-hybridized carbons (Fsp3) is 0.500. The summed E-state index contributed by atoms with van der Waals surface area (Å²) in [5.74, 6) is 0.137. The van der Waals surface area contributed by atoms with Crippen molar-refractivity contribution in [3.05, 3.63) is 30.1 Å². The summed E-state index contributed by atoms with van der Waals surface area (Å²) in [7, 11) is 0. The zero-order valence-electron chi connectivity index (χ0n) is 10.0. The van der Waals surface area contributed by atoms with Crippen molar-refractivity contribution < 1.29 is 4.39 Å². The Balaban J connectivity index is 2.20. The van der Waals surface area contributed by atoms with Gasteiger partial charge in [0.15, 0.2) is 0 Å². The van der Waals surface area contributed by atoms with E-state index in [0.29, 0.717) is 5.92 Å². The monoisotopic (exact) mass is 232 g/mol. The lowest BCUT2D eigenvalue weighted by Crippen LogP contribution is -2.40. The van der Waals surface area contributed by atoms with Crippen LogP contribution >= 0.6 is 0 Å². The van der Waals surface area contributed by atoms with Gasteiger partial charge in [0.05, 0.1) is 6.07 Å². The molecule has 1 saturated carbocycles. The lowest BCUT2D eigenvalue weighted by Gasteiger charge is -2.30. The molecule has 2 atom stereocenters. The molecular weight excluding hydrogens is 215 g/mol. The topological polar surface area (TPSA) is 35.8 Å². The van der Waals surface area contributed by atoms with Gasteiger partial charge in [-0.05, 0) is 49.4 Å². The normalized spacial score (nSPS) is 27.7. The van der Waals surface area contributed by atoms with Gasteiger partial charge in [-0.25, -0.2) is 4.39 Å². The van der Waals surface area contributed by atoms with Gasteiger partial charge >= 0.3 is 0 Å². The molecule has 0 heterocycles. The number of nitrogens with one attached hydrogen (secondary N) is 1. The zero-order valence-corrected chi connectivity index (χ0v) is 10.0. The van der Waals surface area contributed by atoms with Gasteiger partial charge in [-0.1, -0.05) is 13.3 Å². The molecule has 0 amide bonds. The molecule has 0 saturated heterocycles. The highest BCUT2D eigenvalue weighted by molar-refractivity contribution is 5.48. The van der Waals surface area contributed by atoms with Crippen LogP contribution in [0.5, 0.6) is 0 Å². The van der Waals surface area contributed by atoms with E-state index in [1.165, 1.54) is 12.1 Å². The van der Waals surface area contributed by atoms with Crippen molar-refractivity contribution in [2.75, 3.05) is 5.32 Å². The summed E-state index contributed by atoms with van der Waals surface area (Å²) < 4.78 is 12.8. The van der Waals surface area contributed by atoms with Gasteiger partial charge in [-0.3, -0.25) is 0 Å². The van der Waals surface area contributed by atoms with Crippen molar-refractivity contribution in [1.29, 1.82) is 5.26 Å². The van der Waals surface area contributed by atoms with Gasteiger partial charge in [0.25, 0.3) is 0 Å². The Bertz CT molecular complexity index is 421. The van der Waals surface area contributed by atoms with Crippen LogP contribution in [-0.2, 0) is 0 Å². The van der Waals surface area contributed by atoms with E-state index in [4.69, 9.17) is 0 Å². The highest BCUT2D eigenvalue weighted by Crippen LogP contribution is 2.39. The molecule has 2 unspecified atom stereocenters. The molecule has 2 rings (SSSR count). The molecule has 0 radical (unpaired) electrons. The van der Waals surface area contributed by atoms with Crippen LogP contribution in [0.1, 0.15) is 32.6 Å². The first-order valence-corrected chi connectivity index (χ1v) is 6.15. The second kappa shape index (κ2) is 4.75. The molecule has 1 aromatic carbocycles. The molecule has 1 N–H and O–H groups in total. The van der Waals surface area contributed by atoms with Crippen LogP contribution in [0.15, 0.2) is 24.3 Å². The fourth-order valence-corrected chi connectivity index (χ4v) is 2.76. The number of halogens is 1. The quantitative estimate of drug-likeness (QED) is 0.862. The molecule has 1 fully saturated rings. The van der Waals surface area contributed by atoms with E-state index in [-0.39, 0.29) is 5.82 Å². The van der Waals surface area contributed by atoms with E-state index in [2.05, 4.69) is 18.3 Å². The predicted octanol–water partition coefficient (Wildman–Crippen LogP) is 3.71. The minimum Gasteiger partial charge on any atom is -0.367 e. The molecule has 17 heavy (non-hydrogen) atoms. The van der Waals surface area contributed by atoms with Crippen LogP contribution in [-0.4, -0.2) is 5.54 Å². The SMILES string of the molecule is CCC1CCCC1(C#N)Nc1ccc(F)cc1. The van der Waals surface area contributed by atoms with E-state index >= 15 is 0 Å². The molecule has 0 aromatic heterocycles.